The van der Waals surface area contributed by atoms with E-state index in [0.717, 1.165) is 21.3 Å². The molecule has 0 aliphatic carbocycles. The van der Waals surface area contributed by atoms with Crippen molar-refractivity contribution in [2.45, 2.75) is 18.9 Å². The number of methoxy groups -OCH3 is 2. The average Bonchev–Trinajstić information content (AvgIpc) is 2.44. The molecule has 0 fully saturated rings. The maximum atomic E-state index is 10.6. The van der Waals surface area contributed by atoms with Crippen LogP contribution >= 0.6 is 23.5 Å². The Kier molecular flexibility index (Phi) is 6.79. The van der Waals surface area contributed by atoms with Crippen molar-refractivity contribution >= 4 is 23.5 Å². The third-order valence-electron chi connectivity index (χ3n) is 2.87. The summed E-state index contributed by atoms with van der Waals surface area (Å²) in [5, 5.41) is 10.6. The minimum atomic E-state index is -0.930. The first-order valence-electron chi connectivity index (χ1n) is 6.20. The van der Waals surface area contributed by atoms with Crippen LogP contribution in [0.5, 0.6) is 11.5 Å². The van der Waals surface area contributed by atoms with Crippen LogP contribution in [0.15, 0.2) is 28.5 Å². The van der Waals surface area contributed by atoms with Gasteiger partial charge < -0.3 is 14.6 Å². The van der Waals surface area contributed by atoms with Crippen LogP contribution < -0.4 is 9.47 Å². The van der Waals surface area contributed by atoms with Crippen molar-refractivity contribution in [2.75, 3.05) is 26.7 Å². The topological polar surface area (TPSA) is 38.7 Å². The molecule has 0 aliphatic rings. The molecule has 0 amide bonds. The van der Waals surface area contributed by atoms with Gasteiger partial charge in [0.1, 0.15) is 11.5 Å². The first-order valence-corrected chi connectivity index (χ1v) is 8.65. The van der Waals surface area contributed by atoms with E-state index in [-0.39, 0.29) is 0 Å². The number of thioether (sulfide) groups is 2. The van der Waals surface area contributed by atoms with Crippen molar-refractivity contribution in [3.63, 3.8) is 0 Å². The van der Waals surface area contributed by atoms with Crippen LogP contribution in [-0.4, -0.2) is 37.4 Å². The van der Waals surface area contributed by atoms with E-state index >= 15 is 0 Å². The standard InChI is InChI=1S/C15H22O3S2/c1-15(16,10-14(19-4)20-5)9-11-8-12(17-2)6-7-13(11)18-3/h6-8,10,16H,9H2,1-5H3. The third-order valence-corrected chi connectivity index (χ3v) is 4.91. The molecule has 0 bridgehead atoms. The minimum Gasteiger partial charge on any atom is -0.497 e. The Hall–Kier alpha value is -0.780. The Morgan fingerprint density at radius 1 is 1.25 bits per heavy atom. The number of aliphatic hydroxyl groups is 1. The predicted octanol–water partition coefficient (Wildman–Crippen LogP) is 3.56. The second kappa shape index (κ2) is 7.86. The molecular weight excluding hydrogens is 292 g/mol. The second-order valence-corrected chi connectivity index (χ2v) is 6.54. The van der Waals surface area contributed by atoms with E-state index in [2.05, 4.69) is 0 Å². The van der Waals surface area contributed by atoms with Crippen LogP contribution in [0.4, 0.5) is 0 Å². The Bertz CT molecular complexity index is 464. The molecule has 1 aromatic rings. The Labute approximate surface area is 129 Å². The number of benzene rings is 1. The van der Waals surface area contributed by atoms with Crippen molar-refractivity contribution in [1.29, 1.82) is 0 Å². The van der Waals surface area contributed by atoms with Crippen LogP contribution in [0.2, 0.25) is 0 Å². The van der Waals surface area contributed by atoms with Crippen LogP contribution in [-0.2, 0) is 6.42 Å². The molecule has 0 aliphatic heterocycles. The van der Waals surface area contributed by atoms with Gasteiger partial charge in [-0.05, 0) is 43.7 Å². The smallest absolute Gasteiger partial charge is 0.122 e. The molecule has 0 saturated carbocycles. The van der Waals surface area contributed by atoms with Gasteiger partial charge in [0.25, 0.3) is 0 Å². The number of hydrogen-bond acceptors (Lipinski definition) is 5. The summed E-state index contributed by atoms with van der Waals surface area (Å²) in [6, 6.07) is 5.61. The van der Waals surface area contributed by atoms with Crippen LogP contribution in [0, 0.1) is 0 Å². The van der Waals surface area contributed by atoms with E-state index in [9.17, 15) is 5.11 Å². The maximum absolute atomic E-state index is 10.6. The number of ether oxygens (including phenoxy) is 2. The van der Waals surface area contributed by atoms with E-state index in [0.29, 0.717) is 6.42 Å². The van der Waals surface area contributed by atoms with Crippen LogP contribution in [0.25, 0.3) is 0 Å². The van der Waals surface area contributed by atoms with Crippen molar-refractivity contribution in [3.05, 3.63) is 34.1 Å². The average molecular weight is 314 g/mol. The minimum absolute atomic E-state index is 0.470. The molecule has 1 unspecified atom stereocenters. The molecule has 0 heterocycles. The Morgan fingerprint density at radius 2 is 1.90 bits per heavy atom. The molecule has 0 aromatic heterocycles. The molecule has 112 valence electrons. The Balaban J connectivity index is 3.04. The number of hydrogen-bond donors (Lipinski definition) is 1. The predicted molar refractivity (Wildman–Crippen MR) is 89.0 cm³/mol. The molecule has 1 rings (SSSR count). The summed E-state index contributed by atoms with van der Waals surface area (Å²) in [5.41, 5.74) is -0.00396. The highest BCUT2D eigenvalue weighted by Crippen LogP contribution is 2.31. The summed E-state index contributed by atoms with van der Waals surface area (Å²) in [7, 11) is 3.26. The summed E-state index contributed by atoms with van der Waals surface area (Å²) in [5.74, 6) is 1.52. The zero-order valence-electron chi connectivity index (χ0n) is 12.6. The fourth-order valence-electron chi connectivity index (χ4n) is 1.91. The quantitative estimate of drug-likeness (QED) is 0.833. The first-order chi connectivity index (χ1) is 9.45. The lowest BCUT2D eigenvalue weighted by Crippen LogP contribution is -2.24. The van der Waals surface area contributed by atoms with E-state index < -0.39 is 5.60 Å². The molecule has 0 saturated heterocycles. The summed E-state index contributed by atoms with van der Waals surface area (Å²) in [6.07, 6.45) is 6.37. The van der Waals surface area contributed by atoms with Gasteiger partial charge >= 0.3 is 0 Å². The molecular formula is C15H22O3S2. The molecule has 1 atom stereocenters. The fraction of sp³-hybridized carbons (Fsp3) is 0.467. The zero-order chi connectivity index (χ0) is 15.2. The van der Waals surface area contributed by atoms with Gasteiger partial charge in [0.05, 0.1) is 19.8 Å². The highest BCUT2D eigenvalue weighted by atomic mass is 32.2. The highest BCUT2D eigenvalue weighted by molar-refractivity contribution is 8.21. The van der Waals surface area contributed by atoms with Crippen LogP contribution in [0.1, 0.15) is 12.5 Å². The molecule has 5 heteroatoms. The summed E-state index contributed by atoms with van der Waals surface area (Å²) >= 11 is 3.27. The molecule has 3 nitrogen and oxygen atoms in total. The first kappa shape index (κ1) is 17.3. The van der Waals surface area contributed by atoms with Crippen molar-refractivity contribution in [1.82, 2.24) is 0 Å². The maximum Gasteiger partial charge on any atom is 0.122 e. The second-order valence-electron chi connectivity index (χ2n) is 4.58. The highest BCUT2D eigenvalue weighted by Gasteiger charge is 2.21. The van der Waals surface area contributed by atoms with Gasteiger partial charge in [-0.1, -0.05) is 0 Å². The van der Waals surface area contributed by atoms with Gasteiger partial charge in [0.15, 0.2) is 0 Å². The Morgan fingerprint density at radius 3 is 2.40 bits per heavy atom. The summed E-state index contributed by atoms with van der Waals surface area (Å²) < 4.78 is 11.7. The molecule has 1 N–H and O–H groups in total. The van der Waals surface area contributed by atoms with Gasteiger partial charge in [-0.25, -0.2) is 0 Å². The molecule has 0 spiro atoms. The SMILES string of the molecule is COc1ccc(OC)c(CC(C)(O)C=C(SC)SC)c1. The number of rotatable bonds is 7. The van der Waals surface area contributed by atoms with E-state index in [1.807, 2.05) is 36.8 Å². The van der Waals surface area contributed by atoms with Gasteiger partial charge in [0, 0.05) is 16.2 Å². The lowest BCUT2D eigenvalue weighted by Gasteiger charge is -2.22. The van der Waals surface area contributed by atoms with E-state index in [1.165, 1.54) is 0 Å². The van der Waals surface area contributed by atoms with E-state index in [1.54, 1.807) is 44.7 Å². The largest absolute Gasteiger partial charge is 0.497 e. The van der Waals surface area contributed by atoms with Crippen LogP contribution in [0.3, 0.4) is 0 Å². The zero-order valence-corrected chi connectivity index (χ0v) is 14.2. The van der Waals surface area contributed by atoms with Crippen molar-refractivity contribution in [2.24, 2.45) is 0 Å². The van der Waals surface area contributed by atoms with Crippen molar-refractivity contribution < 1.29 is 14.6 Å². The molecule has 20 heavy (non-hydrogen) atoms. The van der Waals surface area contributed by atoms with E-state index in [4.69, 9.17) is 9.47 Å². The normalized spacial score (nSPS) is 13.5. The third kappa shape index (κ3) is 4.96. The summed E-state index contributed by atoms with van der Waals surface area (Å²) in [4.78, 5) is 0. The van der Waals surface area contributed by atoms with Gasteiger partial charge in [-0.3, -0.25) is 0 Å². The van der Waals surface area contributed by atoms with Crippen molar-refractivity contribution in [3.8, 4) is 11.5 Å². The van der Waals surface area contributed by atoms with Gasteiger partial charge in [0.2, 0.25) is 0 Å². The monoisotopic (exact) mass is 314 g/mol. The molecule has 0 radical (unpaired) electrons. The van der Waals surface area contributed by atoms with Gasteiger partial charge in [-0.15, -0.1) is 23.5 Å². The lowest BCUT2D eigenvalue weighted by molar-refractivity contribution is 0.111. The molecule has 1 aromatic carbocycles. The fourth-order valence-corrected chi connectivity index (χ4v) is 3.32. The lowest BCUT2D eigenvalue weighted by atomic mass is 9.96. The summed E-state index contributed by atoms with van der Waals surface area (Å²) in [6.45, 7) is 1.80. The van der Waals surface area contributed by atoms with Gasteiger partial charge in [-0.2, -0.15) is 0 Å².